The first-order chi connectivity index (χ1) is 9.50. The number of benzene rings is 1. The molecule has 1 aromatic carbocycles. The molecule has 0 aromatic heterocycles. The van der Waals surface area contributed by atoms with E-state index in [-0.39, 0.29) is 18.0 Å². The second-order valence-corrected chi connectivity index (χ2v) is 7.27. The number of rotatable bonds is 2. The van der Waals surface area contributed by atoms with E-state index in [2.05, 4.69) is 19.0 Å². The molecule has 1 fully saturated rings. The van der Waals surface area contributed by atoms with E-state index in [0.29, 0.717) is 16.0 Å². The molecule has 1 aliphatic heterocycles. The van der Waals surface area contributed by atoms with E-state index in [9.17, 15) is 0 Å². The van der Waals surface area contributed by atoms with Gasteiger partial charge in [-0.25, -0.2) is 0 Å². The maximum Gasteiger partial charge on any atom is 0.142 e. The van der Waals surface area contributed by atoms with Gasteiger partial charge in [0.05, 0.1) is 5.02 Å². The third-order valence-electron chi connectivity index (χ3n) is 4.61. The molecule has 3 rings (SSSR count). The van der Waals surface area contributed by atoms with Crippen LogP contribution in [-0.4, -0.2) is 31.1 Å². The van der Waals surface area contributed by atoms with Crippen molar-refractivity contribution in [3.8, 4) is 5.75 Å². The number of hydrogen-bond donors (Lipinski definition) is 0. The van der Waals surface area contributed by atoms with Crippen LogP contribution in [0.1, 0.15) is 31.2 Å². The van der Waals surface area contributed by atoms with E-state index in [1.54, 1.807) is 6.07 Å². The lowest BCUT2D eigenvalue weighted by molar-refractivity contribution is -0.0149. The highest BCUT2D eigenvalue weighted by atomic mass is 35.5. The van der Waals surface area contributed by atoms with Crippen LogP contribution in [0.25, 0.3) is 0 Å². The van der Waals surface area contributed by atoms with Gasteiger partial charge in [-0.2, -0.15) is 0 Å². The normalized spacial score (nSPS) is 27.4. The van der Waals surface area contributed by atoms with E-state index in [1.807, 2.05) is 6.07 Å². The molecule has 0 saturated heterocycles. The van der Waals surface area contributed by atoms with E-state index in [0.717, 1.165) is 25.1 Å². The van der Waals surface area contributed by atoms with Crippen LogP contribution in [0.3, 0.4) is 0 Å². The first-order valence-electron chi connectivity index (χ1n) is 7.32. The van der Waals surface area contributed by atoms with Crippen molar-refractivity contribution < 1.29 is 4.74 Å². The summed E-state index contributed by atoms with van der Waals surface area (Å²) in [5, 5.41) is 1.35. The molecule has 1 spiro atoms. The lowest BCUT2D eigenvalue weighted by Crippen LogP contribution is -2.48. The number of nitrogens with zero attached hydrogens (tertiary/aromatic N) is 1. The van der Waals surface area contributed by atoms with Crippen LogP contribution in [0.15, 0.2) is 12.1 Å². The van der Waals surface area contributed by atoms with E-state index in [1.165, 1.54) is 24.8 Å². The van der Waals surface area contributed by atoms with Crippen LogP contribution >= 0.6 is 35.6 Å². The molecule has 0 bridgehead atoms. The molecule has 0 N–H and O–H groups in total. The van der Waals surface area contributed by atoms with Gasteiger partial charge in [0.2, 0.25) is 0 Å². The summed E-state index contributed by atoms with van der Waals surface area (Å²) in [5.74, 6) is 1.43. The van der Waals surface area contributed by atoms with Crippen LogP contribution in [0.5, 0.6) is 5.75 Å². The zero-order valence-electron chi connectivity index (χ0n) is 12.5. The summed E-state index contributed by atoms with van der Waals surface area (Å²) in [6.45, 7) is 1.07. The third kappa shape index (κ3) is 3.29. The quantitative estimate of drug-likeness (QED) is 0.756. The van der Waals surface area contributed by atoms with Gasteiger partial charge < -0.3 is 9.64 Å². The molecule has 5 heteroatoms. The lowest BCUT2D eigenvalue weighted by atomic mass is 9.73. The first-order valence-corrected chi connectivity index (χ1v) is 8.07. The molecule has 1 heterocycles. The predicted octanol–water partition coefficient (Wildman–Crippen LogP) is 4.84. The summed E-state index contributed by atoms with van der Waals surface area (Å²) >= 11 is 12.4. The Labute approximate surface area is 143 Å². The van der Waals surface area contributed by atoms with Gasteiger partial charge in [-0.15, -0.1) is 12.4 Å². The summed E-state index contributed by atoms with van der Waals surface area (Å²) in [6.07, 6.45) is 5.84. The molecular formula is C16H22Cl3NO. The fourth-order valence-corrected chi connectivity index (χ4v) is 4.34. The predicted molar refractivity (Wildman–Crippen MR) is 91.3 cm³/mol. The van der Waals surface area contributed by atoms with Crippen LogP contribution in [0, 0.1) is 5.92 Å². The number of ether oxygens (including phenoxy) is 1. The molecule has 0 amide bonds. The van der Waals surface area contributed by atoms with Crippen LogP contribution in [0.2, 0.25) is 10.0 Å². The molecule has 2 aliphatic rings. The van der Waals surface area contributed by atoms with Crippen molar-refractivity contribution in [3.63, 3.8) is 0 Å². The second kappa shape index (κ2) is 6.54. The van der Waals surface area contributed by atoms with Crippen LogP contribution in [-0.2, 0) is 6.42 Å². The Morgan fingerprint density at radius 2 is 2.05 bits per heavy atom. The minimum Gasteiger partial charge on any atom is -0.485 e. The van der Waals surface area contributed by atoms with Crippen molar-refractivity contribution >= 4 is 35.6 Å². The highest BCUT2D eigenvalue weighted by Crippen LogP contribution is 2.49. The maximum atomic E-state index is 6.42. The van der Waals surface area contributed by atoms with Crippen molar-refractivity contribution in [1.29, 1.82) is 0 Å². The monoisotopic (exact) mass is 349 g/mol. The van der Waals surface area contributed by atoms with Gasteiger partial charge in [0.1, 0.15) is 11.4 Å². The standard InChI is InChI=1S/C16H21Cl2NO.ClH/c1-19(2)10-12-5-3-4-6-16(12)9-11-7-13(17)8-14(18)15(11)20-16;/h7-8,12H,3-6,9-10H2,1-2H3;1H/t12-,16+;/m1./s1. The van der Waals surface area contributed by atoms with Crippen molar-refractivity contribution in [2.45, 2.75) is 37.7 Å². The molecule has 2 nitrogen and oxygen atoms in total. The Balaban J connectivity index is 0.00000161. The van der Waals surface area contributed by atoms with Crippen LogP contribution in [0.4, 0.5) is 0 Å². The number of hydrogen-bond acceptors (Lipinski definition) is 2. The van der Waals surface area contributed by atoms with Crippen molar-refractivity contribution in [2.24, 2.45) is 5.92 Å². The van der Waals surface area contributed by atoms with Gasteiger partial charge >= 0.3 is 0 Å². The summed E-state index contributed by atoms with van der Waals surface area (Å²) in [4.78, 5) is 2.26. The summed E-state index contributed by atoms with van der Waals surface area (Å²) < 4.78 is 6.42. The SMILES string of the molecule is CN(C)C[C@H]1CCCC[C@]12Cc1cc(Cl)cc(Cl)c1O2.Cl. The zero-order valence-corrected chi connectivity index (χ0v) is 14.8. The average Bonchev–Trinajstić information content (AvgIpc) is 2.71. The summed E-state index contributed by atoms with van der Waals surface area (Å²) in [5.41, 5.74) is 1.10. The molecular weight excluding hydrogens is 329 g/mol. The Morgan fingerprint density at radius 1 is 1.29 bits per heavy atom. The van der Waals surface area contributed by atoms with Gasteiger partial charge in [-0.05, 0) is 45.5 Å². The fraction of sp³-hybridized carbons (Fsp3) is 0.625. The maximum absolute atomic E-state index is 6.42. The number of halogens is 3. The van der Waals surface area contributed by atoms with Gasteiger partial charge in [-0.1, -0.05) is 29.6 Å². The van der Waals surface area contributed by atoms with Crippen molar-refractivity contribution in [2.75, 3.05) is 20.6 Å². The molecule has 1 aliphatic carbocycles. The minimum atomic E-state index is -0.0703. The second-order valence-electron chi connectivity index (χ2n) is 6.42. The molecule has 0 radical (unpaired) electrons. The molecule has 0 unspecified atom stereocenters. The highest BCUT2D eigenvalue weighted by Gasteiger charge is 2.47. The van der Waals surface area contributed by atoms with E-state index in [4.69, 9.17) is 27.9 Å². The van der Waals surface area contributed by atoms with E-state index >= 15 is 0 Å². The Kier molecular flexibility index (Phi) is 5.36. The highest BCUT2D eigenvalue weighted by molar-refractivity contribution is 6.35. The van der Waals surface area contributed by atoms with Gasteiger partial charge in [0, 0.05) is 29.5 Å². The average molecular weight is 351 g/mol. The lowest BCUT2D eigenvalue weighted by Gasteiger charge is -2.41. The smallest absolute Gasteiger partial charge is 0.142 e. The number of fused-ring (bicyclic) bond motifs is 1. The summed E-state index contributed by atoms with van der Waals surface area (Å²) in [6, 6.07) is 3.80. The van der Waals surface area contributed by atoms with Gasteiger partial charge in [-0.3, -0.25) is 0 Å². The topological polar surface area (TPSA) is 12.5 Å². The molecule has 1 aromatic rings. The molecule has 2 atom stereocenters. The Hall–Kier alpha value is -0.150. The molecule has 118 valence electrons. The minimum absolute atomic E-state index is 0. The third-order valence-corrected chi connectivity index (χ3v) is 5.11. The Bertz CT molecular complexity index is 520. The zero-order chi connectivity index (χ0) is 14.3. The molecule has 1 saturated carbocycles. The first kappa shape index (κ1) is 17.2. The van der Waals surface area contributed by atoms with Gasteiger partial charge in [0.15, 0.2) is 0 Å². The van der Waals surface area contributed by atoms with Gasteiger partial charge in [0.25, 0.3) is 0 Å². The molecule has 21 heavy (non-hydrogen) atoms. The van der Waals surface area contributed by atoms with Crippen molar-refractivity contribution in [3.05, 3.63) is 27.7 Å². The van der Waals surface area contributed by atoms with Crippen LogP contribution < -0.4 is 4.74 Å². The fourth-order valence-electron chi connectivity index (χ4n) is 3.77. The summed E-state index contributed by atoms with van der Waals surface area (Å²) in [7, 11) is 4.27. The largest absolute Gasteiger partial charge is 0.485 e. The van der Waals surface area contributed by atoms with E-state index < -0.39 is 0 Å². The van der Waals surface area contributed by atoms with Crippen molar-refractivity contribution in [1.82, 2.24) is 4.90 Å². The Morgan fingerprint density at radius 3 is 2.76 bits per heavy atom.